The van der Waals surface area contributed by atoms with E-state index in [1.807, 2.05) is 55.6 Å². The van der Waals surface area contributed by atoms with Gasteiger partial charge in [0.2, 0.25) is 5.91 Å². The van der Waals surface area contributed by atoms with E-state index in [9.17, 15) is 4.79 Å². The first kappa shape index (κ1) is 14.0. The molecule has 22 heavy (non-hydrogen) atoms. The van der Waals surface area contributed by atoms with Gasteiger partial charge in [-0.15, -0.1) is 0 Å². The van der Waals surface area contributed by atoms with Crippen molar-refractivity contribution in [1.82, 2.24) is 14.8 Å². The van der Waals surface area contributed by atoms with Gasteiger partial charge in [0.15, 0.2) is 0 Å². The SMILES string of the molecule is Cn1nc(-c2ccncc2)cc1NC(=O)Cc1ccccc1. The first-order valence-electron chi connectivity index (χ1n) is 7.00. The number of benzene rings is 1. The smallest absolute Gasteiger partial charge is 0.229 e. The summed E-state index contributed by atoms with van der Waals surface area (Å²) in [5.41, 5.74) is 2.76. The van der Waals surface area contributed by atoms with Crippen LogP contribution in [0.25, 0.3) is 11.3 Å². The molecule has 3 aromatic rings. The van der Waals surface area contributed by atoms with Crippen molar-refractivity contribution in [2.24, 2.45) is 7.05 Å². The number of carbonyl (C=O) groups is 1. The van der Waals surface area contributed by atoms with E-state index in [0.29, 0.717) is 12.2 Å². The molecular formula is C17H16N4O. The Hall–Kier alpha value is -2.95. The van der Waals surface area contributed by atoms with Crippen LogP contribution in [-0.2, 0) is 18.3 Å². The van der Waals surface area contributed by atoms with Crippen molar-refractivity contribution in [3.8, 4) is 11.3 Å². The Morgan fingerprint density at radius 1 is 1.14 bits per heavy atom. The van der Waals surface area contributed by atoms with Crippen molar-refractivity contribution in [2.75, 3.05) is 5.32 Å². The van der Waals surface area contributed by atoms with E-state index in [0.717, 1.165) is 16.8 Å². The van der Waals surface area contributed by atoms with E-state index in [4.69, 9.17) is 0 Å². The molecule has 0 unspecified atom stereocenters. The van der Waals surface area contributed by atoms with E-state index in [-0.39, 0.29) is 5.91 Å². The Kier molecular flexibility index (Phi) is 3.96. The first-order valence-corrected chi connectivity index (χ1v) is 7.00. The Balaban J connectivity index is 1.73. The van der Waals surface area contributed by atoms with Crippen molar-refractivity contribution in [2.45, 2.75) is 6.42 Å². The van der Waals surface area contributed by atoms with Gasteiger partial charge in [-0.2, -0.15) is 5.10 Å². The molecule has 2 aromatic heterocycles. The van der Waals surface area contributed by atoms with Gasteiger partial charge in [0.25, 0.3) is 0 Å². The number of pyridine rings is 1. The number of hydrogen-bond donors (Lipinski definition) is 1. The maximum absolute atomic E-state index is 12.1. The second-order valence-electron chi connectivity index (χ2n) is 4.98. The zero-order valence-corrected chi connectivity index (χ0v) is 12.2. The van der Waals surface area contributed by atoms with E-state index >= 15 is 0 Å². The van der Waals surface area contributed by atoms with Crippen molar-refractivity contribution < 1.29 is 4.79 Å². The van der Waals surface area contributed by atoms with Crippen LogP contribution in [-0.4, -0.2) is 20.7 Å². The molecule has 0 bridgehead atoms. The molecule has 110 valence electrons. The fourth-order valence-electron chi connectivity index (χ4n) is 2.22. The molecule has 1 amide bonds. The van der Waals surface area contributed by atoms with Crippen LogP contribution in [0, 0.1) is 0 Å². The van der Waals surface area contributed by atoms with Crippen LogP contribution < -0.4 is 5.32 Å². The second kappa shape index (κ2) is 6.22. The quantitative estimate of drug-likeness (QED) is 0.804. The largest absolute Gasteiger partial charge is 0.311 e. The number of carbonyl (C=O) groups excluding carboxylic acids is 1. The Bertz CT molecular complexity index is 766. The van der Waals surface area contributed by atoms with Gasteiger partial charge >= 0.3 is 0 Å². The summed E-state index contributed by atoms with van der Waals surface area (Å²) in [4.78, 5) is 16.1. The predicted octanol–water partition coefficient (Wildman–Crippen LogP) is 2.66. The fourth-order valence-corrected chi connectivity index (χ4v) is 2.22. The number of nitrogens with zero attached hydrogens (tertiary/aromatic N) is 3. The van der Waals surface area contributed by atoms with Gasteiger partial charge in [-0.25, -0.2) is 0 Å². The van der Waals surface area contributed by atoms with Crippen molar-refractivity contribution in [3.63, 3.8) is 0 Å². The van der Waals surface area contributed by atoms with Crippen molar-refractivity contribution in [1.29, 1.82) is 0 Å². The van der Waals surface area contributed by atoms with Crippen LogP contribution in [0.2, 0.25) is 0 Å². The highest BCUT2D eigenvalue weighted by molar-refractivity contribution is 5.92. The molecule has 0 aliphatic carbocycles. The maximum Gasteiger partial charge on any atom is 0.229 e. The summed E-state index contributed by atoms with van der Waals surface area (Å²) in [6, 6.07) is 15.3. The number of nitrogens with one attached hydrogen (secondary N) is 1. The number of aryl methyl sites for hydroxylation is 1. The highest BCUT2D eigenvalue weighted by Gasteiger charge is 2.10. The molecule has 0 fully saturated rings. The number of amides is 1. The van der Waals surface area contributed by atoms with E-state index < -0.39 is 0 Å². The van der Waals surface area contributed by atoms with Crippen molar-refractivity contribution >= 4 is 11.7 Å². The molecule has 3 rings (SSSR count). The fraction of sp³-hybridized carbons (Fsp3) is 0.118. The molecule has 0 aliphatic heterocycles. The minimum absolute atomic E-state index is 0.0597. The lowest BCUT2D eigenvalue weighted by Crippen LogP contribution is -2.16. The van der Waals surface area contributed by atoms with Gasteiger partial charge in [-0.1, -0.05) is 30.3 Å². The summed E-state index contributed by atoms with van der Waals surface area (Å²) in [5.74, 6) is 0.614. The van der Waals surface area contributed by atoms with Crippen LogP contribution in [0.1, 0.15) is 5.56 Å². The average Bonchev–Trinajstić information content (AvgIpc) is 2.90. The molecule has 1 aromatic carbocycles. The molecule has 2 heterocycles. The first-order chi connectivity index (χ1) is 10.7. The summed E-state index contributed by atoms with van der Waals surface area (Å²) in [6.45, 7) is 0. The highest BCUT2D eigenvalue weighted by Crippen LogP contribution is 2.20. The molecule has 1 N–H and O–H groups in total. The van der Waals surface area contributed by atoms with E-state index in [2.05, 4.69) is 15.4 Å². The second-order valence-corrected chi connectivity index (χ2v) is 4.98. The number of hydrogen-bond acceptors (Lipinski definition) is 3. The van der Waals surface area contributed by atoms with Crippen molar-refractivity contribution in [3.05, 3.63) is 66.5 Å². The standard InChI is InChI=1S/C17H16N4O/c1-21-16(12-15(20-21)14-7-9-18-10-8-14)19-17(22)11-13-5-3-2-4-6-13/h2-10,12H,11H2,1H3,(H,19,22). The van der Waals surface area contributed by atoms with Crippen LogP contribution in [0.3, 0.4) is 0 Å². The molecular weight excluding hydrogens is 276 g/mol. The van der Waals surface area contributed by atoms with Crippen LogP contribution in [0.5, 0.6) is 0 Å². The Labute approximate surface area is 128 Å². The zero-order valence-electron chi connectivity index (χ0n) is 12.2. The van der Waals surface area contributed by atoms with Gasteiger partial charge in [-0.05, 0) is 17.7 Å². The summed E-state index contributed by atoms with van der Waals surface area (Å²) in [6.07, 6.45) is 3.78. The van der Waals surface area contributed by atoms with Crippen LogP contribution in [0.15, 0.2) is 60.9 Å². The van der Waals surface area contributed by atoms with Gasteiger partial charge in [0, 0.05) is 31.1 Å². The van der Waals surface area contributed by atoms with E-state index in [1.165, 1.54) is 0 Å². The minimum atomic E-state index is -0.0597. The summed E-state index contributed by atoms with van der Waals surface area (Å²) in [5, 5.41) is 7.31. The average molecular weight is 292 g/mol. The lowest BCUT2D eigenvalue weighted by Gasteiger charge is -2.04. The monoisotopic (exact) mass is 292 g/mol. The number of aromatic nitrogens is 3. The van der Waals surface area contributed by atoms with Crippen LogP contribution >= 0.6 is 0 Å². The molecule has 0 saturated heterocycles. The lowest BCUT2D eigenvalue weighted by atomic mass is 10.1. The van der Waals surface area contributed by atoms with Crippen LogP contribution in [0.4, 0.5) is 5.82 Å². The molecule has 0 atom stereocenters. The molecule has 0 saturated carbocycles. The highest BCUT2D eigenvalue weighted by atomic mass is 16.1. The summed E-state index contributed by atoms with van der Waals surface area (Å²) >= 11 is 0. The van der Waals surface area contributed by atoms with Gasteiger partial charge in [0.05, 0.1) is 12.1 Å². The third-order valence-corrected chi connectivity index (χ3v) is 3.33. The molecule has 5 heteroatoms. The third kappa shape index (κ3) is 3.20. The normalized spacial score (nSPS) is 10.4. The predicted molar refractivity (Wildman–Crippen MR) is 85.2 cm³/mol. The Morgan fingerprint density at radius 3 is 2.59 bits per heavy atom. The molecule has 5 nitrogen and oxygen atoms in total. The van der Waals surface area contributed by atoms with Gasteiger partial charge < -0.3 is 5.32 Å². The van der Waals surface area contributed by atoms with Gasteiger partial charge in [-0.3, -0.25) is 14.5 Å². The Morgan fingerprint density at radius 2 is 1.86 bits per heavy atom. The summed E-state index contributed by atoms with van der Waals surface area (Å²) in [7, 11) is 1.81. The topological polar surface area (TPSA) is 59.8 Å². The maximum atomic E-state index is 12.1. The minimum Gasteiger partial charge on any atom is -0.311 e. The third-order valence-electron chi connectivity index (χ3n) is 3.33. The van der Waals surface area contributed by atoms with E-state index in [1.54, 1.807) is 17.1 Å². The molecule has 0 aliphatic rings. The van der Waals surface area contributed by atoms with Gasteiger partial charge in [0.1, 0.15) is 5.82 Å². The molecule has 0 spiro atoms. The lowest BCUT2D eigenvalue weighted by molar-refractivity contribution is -0.115. The summed E-state index contributed by atoms with van der Waals surface area (Å²) < 4.78 is 1.67. The number of anilines is 1. The number of rotatable bonds is 4. The molecule has 0 radical (unpaired) electrons. The zero-order chi connectivity index (χ0) is 15.4.